The van der Waals surface area contributed by atoms with Gasteiger partial charge in [-0.05, 0) is 69.3 Å². The SMILES string of the molecule is CCCCO[C@@H]1[C@@H](C)[C@H]2[C@@H]3C(=O)C(Cl)(Cl)C(=O)[C@H](C)C(=O)O[C@@H](C)/C=C/C=C\[C@@H](C)[C@@H]3C=C[C@@H]2C[C@@]1(C)O. The predicted molar refractivity (Wildman–Crippen MR) is 149 cm³/mol. The van der Waals surface area contributed by atoms with Crippen molar-refractivity contribution in [3.05, 3.63) is 36.5 Å². The summed E-state index contributed by atoms with van der Waals surface area (Å²) in [6.07, 6.45) is 12.6. The third-order valence-corrected chi connectivity index (χ3v) is 9.28. The van der Waals surface area contributed by atoms with Gasteiger partial charge in [-0.15, -0.1) is 0 Å². The number of carbonyl (C=O) groups excluding carboxylic acids is 3. The van der Waals surface area contributed by atoms with Crippen molar-refractivity contribution in [1.82, 2.24) is 0 Å². The van der Waals surface area contributed by atoms with Crippen LogP contribution in [-0.2, 0) is 23.9 Å². The monoisotopic (exact) mass is 568 g/mol. The van der Waals surface area contributed by atoms with Crippen molar-refractivity contribution in [1.29, 1.82) is 0 Å². The van der Waals surface area contributed by atoms with Crippen LogP contribution < -0.4 is 0 Å². The minimum Gasteiger partial charge on any atom is -0.458 e. The van der Waals surface area contributed by atoms with E-state index in [1.807, 2.05) is 32.1 Å². The number of ketones is 2. The molecule has 0 saturated heterocycles. The molecule has 10 atom stereocenters. The lowest BCUT2D eigenvalue weighted by atomic mass is 9.54. The molecule has 0 aromatic rings. The van der Waals surface area contributed by atoms with Crippen molar-refractivity contribution in [3.8, 4) is 0 Å². The van der Waals surface area contributed by atoms with E-state index in [0.717, 1.165) is 12.8 Å². The second-order valence-corrected chi connectivity index (χ2v) is 12.9. The Morgan fingerprint density at radius 2 is 1.68 bits per heavy atom. The van der Waals surface area contributed by atoms with Crippen LogP contribution in [0.5, 0.6) is 0 Å². The number of allylic oxidation sites excluding steroid dienone is 5. The number of hydrogen-bond acceptors (Lipinski definition) is 6. The van der Waals surface area contributed by atoms with E-state index in [1.165, 1.54) is 6.92 Å². The highest BCUT2D eigenvalue weighted by molar-refractivity contribution is 6.68. The fraction of sp³-hybridized carbons (Fsp3) is 0.700. The summed E-state index contributed by atoms with van der Waals surface area (Å²) in [4.78, 5) is 40.3. The molecule has 0 bridgehead atoms. The smallest absolute Gasteiger partial charge is 0.316 e. The number of esters is 1. The summed E-state index contributed by atoms with van der Waals surface area (Å²) < 4.78 is 9.15. The minimum atomic E-state index is -2.43. The van der Waals surface area contributed by atoms with Gasteiger partial charge in [0, 0.05) is 12.5 Å². The second kappa shape index (κ2) is 12.4. The van der Waals surface area contributed by atoms with Crippen molar-refractivity contribution < 1.29 is 29.0 Å². The van der Waals surface area contributed by atoms with Gasteiger partial charge < -0.3 is 14.6 Å². The molecule has 8 heteroatoms. The number of carbonyl (C=O) groups is 3. The largest absolute Gasteiger partial charge is 0.458 e. The van der Waals surface area contributed by atoms with Gasteiger partial charge >= 0.3 is 5.97 Å². The quantitative estimate of drug-likeness (QED) is 0.155. The zero-order valence-corrected chi connectivity index (χ0v) is 24.7. The third-order valence-electron chi connectivity index (χ3n) is 8.53. The molecule has 212 valence electrons. The average molecular weight is 570 g/mol. The summed E-state index contributed by atoms with van der Waals surface area (Å²) in [5.41, 5.74) is -1.09. The van der Waals surface area contributed by atoms with Gasteiger partial charge in [0.2, 0.25) is 4.33 Å². The fourth-order valence-electron chi connectivity index (χ4n) is 6.48. The number of alkyl halides is 2. The van der Waals surface area contributed by atoms with E-state index >= 15 is 0 Å². The third kappa shape index (κ3) is 6.29. The van der Waals surface area contributed by atoms with Crippen molar-refractivity contribution in [2.45, 2.75) is 82.9 Å². The van der Waals surface area contributed by atoms with E-state index in [1.54, 1.807) is 26.0 Å². The summed E-state index contributed by atoms with van der Waals surface area (Å²) in [5, 5.41) is 11.4. The Kier molecular flexibility index (Phi) is 10.1. The van der Waals surface area contributed by atoms with Crippen molar-refractivity contribution in [2.24, 2.45) is 41.4 Å². The van der Waals surface area contributed by atoms with Crippen LogP contribution in [0.4, 0.5) is 0 Å². The molecule has 3 aliphatic rings. The molecule has 38 heavy (non-hydrogen) atoms. The number of Topliss-reactive ketones (excluding diaryl/α,β-unsaturated/α-hetero) is 2. The first-order chi connectivity index (χ1) is 17.7. The van der Waals surface area contributed by atoms with Crippen molar-refractivity contribution in [2.75, 3.05) is 6.61 Å². The van der Waals surface area contributed by atoms with E-state index in [9.17, 15) is 19.5 Å². The molecule has 0 radical (unpaired) electrons. The first kappa shape index (κ1) is 31.1. The van der Waals surface area contributed by atoms with Crippen LogP contribution in [0.2, 0.25) is 0 Å². The van der Waals surface area contributed by atoms with Crippen molar-refractivity contribution in [3.63, 3.8) is 0 Å². The summed E-state index contributed by atoms with van der Waals surface area (Å²) in [6, 6.07) is 0. The van der Waals surface area contributed by atoms with Crippen molar-refractivity contribution >= 4 is 40.7 Å². The number of cyclic esters (lactones) is 1. The van der Waals surface area contributed by atoms with Gasteiger partial charge in [-0.3, -0.25) is 14.4 Å². The normalized spacial score (nSPS) is 43.4. The highest BCUT2D eigenvalue weighted by Crippen LogP contribution is 2.53. The lowest BCUT2D eigenvalue weighted by molar-refractivity contribution is -0.181. The predicted octanol–water partition coefficient (Wildman–Crippen LogP) is 5.64. The van der Waals surface area contributed by atoms with E-state index in [4.69, 9.17) is 32.7 Å². The van der Waals surface area contributed by atoms with Crippen LogP contribution in [0.1, 0.15) is 60.8 Å². The molecule has 3 rings (SSSR count). The number of halogens is 2. The highest BCUT2D eigenvalue weighted by Gasteiger charge is 2.59. The lowest BCUT2D eigenvalue weighted by Gasteiger charge is -2.54. The average Bonchev–Trinajstić information content (AvgIpc) is 2.85. The van der Waals surface area contributed by atoms with Crippen LogP contribution >= 0.6 is 23.2 Å². The molecule has 0 aromatic heterocycles. The molecular weight excluding hydrogens is 527 g/mol. The Labute approximate surface area is 236 Å². The maximum absolute atomic E-state index is 14.3. The summed E-state index contributed by atoms with van der Waals surface area (Å²) in [5.74, 6) is -5.32. The van der Waals surface area contributed by atoms with E-state index in [-0.39, 0.29) is 29.6 Å². The van der Waals surface area contributed by atoms with Gasteiger partial charge in [-0.2, -0.15) is 0 Å². The maximum Gasteiger partial charge on any atom is 0.316 e. The standard InChI is InChI=1S/C30H42Cl2O6/c1-7-8-15-37-27-19(4)23-21(16-29(27,6)36)13-14-22-17(2)11-9-10-12-18(3)38-28(35)20(5)25(33)30(31,32)26(34)24(22)23/h9-14,17-24,27,36H,7-8,15-16H2,1-6H3/b11-9-,12-10+/t17-,18+,19+,20+,21-,22+,23-,24-,27-,29-/m1/s1. The first-order valence-corrected chi connectivity index (χ1v) is 14.5. The van der Waals surface area contributed by atoms with Gasteiger partial charge in [0.15, 0.2) is 11.6 Å². The Bertz CT molecular complexity index is 983. The molecule has 0 unspecified atom stereocenters. The molecule has 0 spiro atoms. The lowest BCUT2D eigenvalue weighted by Crippen LogP contribution is -2.60. The number of rotatable bonds is 4. The molecule has 1 heterocycles. The van der Waals surface area contributed by atoms with E-state index in [0.29, 0.717) is 13.0 Å². The van der Waals surface area contributed by atoms with E-state index < -0.39 is 51.5 Å². The molecule has 1 saturated carbocycles. The summed E-state index contributed by atoms with van der Waals surface area (Å²) in [7, 11) is 0. The fourth-order valence-corrected chi connectivity index (χ4v) is 7.06. The Morgan fingerprint density at radius 3 is 2.34 bits per heavy atom. The Hall–Kier alpha value is -1.47. The van der Waals surface area contributed by atoms with Gasteiger partial charge in [-0.1, -0.05) is 80.8 Å². The van der Waals surface area contributed by atoms with Gasteiger partial charge in [0.25, 0.3) is 0 Å². The first-order valence-electron chi connectivity index (χ1n) is 13.8. The molecule has 2 aliphatic carbocycles. The number of hydrogen-bond donors (Lipinski definition) is 1. The number of unbranched alkanes of at least 4 members (excludes halogenated alkanes) is 1. The summed E-state index contributed by atoms with van der Waals surface area (Å²) in [6.45, 7) is 11.4. The number of ether oxygens (including phenoxy) is 2. The molecule has 1 N–H and O–H groups in total. The molecule has 0 amide bonds. The second-order valence-electron chi connectivity index (χ2n) is 11.6. The Balaban J connectivity index is 2.11. The van der Waals surface area contributed by atoms with Crippen LogP contribution in [0.25, 0.3) is 0 Å². The van der Waals surface area contributed by atoms with E-state index in [2.05, 4.69) is 13.0 Å². The highest BCUT2D eigenvalue weighted by atomic mass is 35.5. The van der Waals surface area contributed by atoms with Gasteiger partial charge in [-0.25, -0.2) is 0 Å². The molecule has 1 aliphatic heterocycles. The number of fused-ring (bicyclic) bond motifs is 3. The van der Waals surface area contributed by atoms with Gasteiger partial charge in [0.1, 0.15) is 12.0 Å². The van der Waals surface area contributed by atoms with Gasteiger partial charge in [0.05, 0.1) is 11.7 Å². The number of aliphatic hydroxyl groups is 1. The molecular formula is C30H42Cl2O6. The van der Waals surface area contributed by atoms with Crippen LogP contribution in [0.3, 0.4) is 0 Å². The molecule has 6 nitrogen and oxygen atoms in total. The molecule has 0 aromatic carbocycles. The van der Waals surface area contributed by atoms with Crippen LogP contribution in [0, 0.1) is 41.4 Å². The van der Waals surface area contributed by atoms with Crippen LogP contribution in [-0.4, -0.2) is 51.4 Å². The Morgan fingerprint density at radius 1 is 1.03 bits per heavy atom. The van der Waals surface area contributed by atoms with Crippen LogP contribution in [0.15, 0.2) is 36.5 Å². The minimum absolute atomic E-state index is 0.0858. The topological polar surface area (TPSA) is 89.9 Å². The zero-order chi connectivity index (χ0) is 28.4. The summed E-state index contributed by atoms with van der Waals surface area (Å²) >= 11 is 13.2. The maximum atomic E-state index is 14.3. The zero-order valence-electron chi connectivity index (χ0n) is 23.2. The molecule has 1 fully saturated rings.